The van der Waals surface area contributed by atoms with Crippen LogP contribution in [0.2, 0.25) is 10.0 Å². The highest BCUT2D eigenvalue weighted by molar-refractivity contribution is 6.42. The van der Waals surface area contributed by atoms with Gasteiger partial charge < -0.3 is 15.2 Å². The monoisotopic (exact) mass is 510 g/mol. The average molecular weight is 511 g/mol. The van der Waals surface area contributed by atoms with Crippen LogP contribution in [0.25, 0.3) is 0 Å². The van der Waals surface area contributed by atoms with E-state index in [2.05, 4.69) is 5.32 Å². The Labute approximate surface area is 204 Å². The number of fused-ring (bicyclic) bond motifs is 1. The lowest BCUT2D eigenvalue weighted by atomic mass is 9.95. The first-order valence-electron chi connectivity index (χ1n) is 10.3. The summed E-state index contributed by atoms with van der Waals surface area (Å²) in [6, 6.07) is 9.03. The molecule has 2 N–H and O–H groups in total. The normalized spacial score (nSPS) is 15.7. The highest BCUT2D eigenvalue weighted by Crippen LogP contribution is 2.32. The number of nitrogens with one attached hydrogen (secondary N) is 1. The lowest BCUT2D eigenvalue weighted by molar-refractivity contribution is -0.140. The lowest BCUT2D eigenvalue weighted by Gasteiger charge is -2.36. The molecule has 2 aromatic rings. The molecule has 11 heteroatoms. The third-order valence-electron chi connectivity index (χ3n) is 5.31. The molecule has 2 atom stereocenters. The number of carboxylic acids is 1. The minimum Gasteiger partial charge on any atom is -0.481 e. The van der Waals surface area contributed by atoms with Gasteiger partial charge in [-0.05, 0) is 42.2 Å². The van der Waals surface area contributed by atoms with E-state index in [1.807, 2.05) is 6.07 Å². The van der Waals surface area contributed by atoms with Crippen molar-refractivity contribution in [3.8, 4) is 0 Å². The quantitative estimate of drug-likeness (QED) is 0.555. The highest BCUT2D eigenvalue weighted by Gasteiger charge is 2.38. The molecule has 0 saturated heterocycles. The maximum atomic E-state index is 13.1. The number of carbonyl (C=O) groups excluding carboxylic acids is 3. The number of carboxylic acid groups (broad SMARTS) is 1. The first-order chi connectivity index (χ1) is 16.2. The average Bonchev–Trinajstić information content (AvgIpc) is 2.82. The summed E-state index contributed by atoms with van der Waals surface area (Å²) in [6.07, 6.45) is -0.968. The van der Waals surface area contributed by atoms with E-state index in [9.17, 15) is 23.6 Å². The number of hydrogen-bond acceptors (Lipinski definition) is 5. The molecule has 180 valence electrons. The first kappa shape index (κ1) is 25.5. The number of anilines is 1. The van der Waals surface area contributed by atoms with Crippen molar-refractivity contribution in [2.45, 2.75) is 38.0 Å². The van der Waals surface area contributed by atoms with Crippen LogP contribution in [0.5, 0.6) is 0 Å². The fourth-order valence-corrected chi connectivity index (χ4v) is 3.97. The minimum atomic E-state index is -1.55. The van der Waals surface area contributed by atoms with Gasteiger partial charge in [0.1, 0.15) is 25.4 Å². The molecule has 0 spiro atoms. The van der Waals surface area contributed by atoms with Crippen molar-refractivity contribution < 1.29 is 33.4 Å². The molecule has 8 nitrogen and oxygen atoms in total. The molecular weight excluding hydrogens is 490 g/mol. The van der Waals surface area contributed by atoms with Gasteiger partial charge in [-0.2, -0.15) is 0 Å². The van der Waals surface area contributed by atoms with E-state index in [1.54, 1.807) is 36.4 Å². The zero-order valence-electron chi connectivity index (χ0n) is 17.8. The fraction of sp³-hybridized carbons (Fsp3) is 0.304. The molecule has 0 radical (unpaired) electrons. The zero-order valence-corrected chi connectivity index (χ0v) is 19.3. The van der Waals surface area contributed by atoms with Gasteiger partial charge in [0.05, 0.1) is 22.2 Å². The van der Waals surface area contributed by atoms with Gasteiger partial charge in [0.15, 0.2) is 5.78 Å². The second kappa shape index (κ2) is 11.3. The van der Waals surface area contributed by atoms with Crippen molar-refractivity contribution >= 4 is 52.6 Å². The number of benzene rings is 2. The first-order valence-corrected chi connectivity index (χ1v) is 11.1. The predicted octanol–water partition coefficient (Wildman–Crippen LogP) is 3.95. The van der Waals surface area contributed by atoms with Gasteiger partial charge in [0.2, 0.25) is 5.91 Å². The Morgan fingerprint density at radius 2 is 1.88 bits per heavy atom. The van der Waals surface area contributed by atoms with Crippen LogP contribution in [0.3, 0.4) is 0 Å². The molecule has 0 aromatic heterocycles. The number of halogens is 3. The molecule has 2 amide bonds. The van der Waals surface area contributed by atoms with E-state index < -0.39 is 48.9 Å². The van der Waals surface area contributed by atoms with Crippen LogP contribution in [0, 0.1) is 0 Å². The van der Waals surface area contributed by atoms with Gasteiger partial charge in [-0.1, -0.05) is 47.5 Å². The molecule has 1 aliphatic rings. The summed E-state index contributed by atoms with van der Waals surface area (Å²) in [5, 5.41) is 11.9. The summed E-state index contributed by atoms with van der Waals surface area (Å²) in [6.45, 7) is -1.58. The number of amides is 2. The Hall–Kier alpha value is -3.17. The summed E-state index contributed by atoms with van der Waals surface area (Å²) >= 11 is 11.9. The Morgan fingerprint density at radius 1 is 1.15 bits per heavy atom. The van der Waals surface area contributed by atoms with Gasteiger partial charge in [0, 0.05) is 0 Å². The highest BCUT2D eigenvalue weighted by atomic mass is 35.5. The molecule has 0 fully saturated rings. The molecular formula is C23H21Cl2FN2O6. The van der Waals surface area contributed by atoms with Crippen LogP contribution in [0.15, 0.2) is 42.5 Å². The van der Waals surface area contributed by atoms with E-state index >= 15 is 0 Å². The lowest BCUT2D eigenvalue weighted by Crippen LogP contribution is -2.55. The molecule has 2 unspecified atom stereocenters. The van der Waals surface area contributed by atoms with Gasteiger partial charge in [0.25, 0.3) is 0 Å². The number of Topliss-reactive ketones (excluding diaryl/α,β-unsaturated/α-hetero) is 1. The van der Waals surface area contributed by atoms with Gasteiger partial charge in [-0.3, -0.25) is 19.3 Å². The SMILES string of the molecule is O=C(O)CC(NC(=O)C1CCc2ccccc2N1C(=O)OCc1ccc(Cl)c(Cl)c1)C(=O)CF. The van der Waals surface area contributed by atoms with Gasteiger partial charge in [-0.15, -0.1) is 0 Å². The summed E-state index contributed by atoms with van der Waals surface area (Å²) in [5.74, 6) is -3.23. The molecule has 2 aromatic carbocycles. The molecule has 0 saturated carbocycles. The Balaban J connectivity index is 1.83. The van der Waals surface area contributed by atoms with Crippen molar-refractivity contribution in [3.05, 3.63) is 63.6 Å². The number of ether oxygens (including phenoxy) is 1. The van der Waals surface area contributed by atoms with Crippen molar-refractivity contribution in [2.75, 3.05) is 11.6 Å². The van der Waals surface area contributed by atoms with E-state index in [0.717, 1.165) is 10.5 Å². The Morgan fingerprint density at radius 3 is 2.56 bits per heavy atom. The van der Waals surface area contributed by atoms with E-state index in [4.69, 9.17) is 33.0 Å². The number of rotatable bonds is 8. The number of aryl methyl sites for hydroxylation is 1. The van der Waals surface area contributed by atoms with E-state index in [1.165, 1.54) is 0 Å². The third kappa shape index (κ3) is 6.03. The van der Waals surface area contributed by atoms with Crippen LogP contribution in [0.4, 0.5) is 14.9 Å². The molecule has 34 heavy (non-hydrogen) atoms. The van der Waals surface area contributed by atoms with E-state index in [0.29, 0.717) is 22.7 Å². The van der Waals surface area contributed by atoms with Gasteiger partial charge >= 0.3 is 12.1 Å². The second-order valence-corrected chi connectivity index (χ2v) is 8.43. The molecule has 0 aliphatic carbocycles. The van der Waals surface area contributed by atoms with Crippen LogP contribution >= 0.6 is 23.2 Å². The zero-order chi connectivity index (χ0) is 24.8. The van der Waals surface area contributed by atoms with Crippen LogP contribution < -0.4 is 10.2 Å². The van der Waals surface area contributed by atoms with Crippen molar-refractivity contribution in [1.29, 1.82) is 0 Å². The summed E-state index contributed by atoms with van der Waals surface area (Å²) in [5.41, 5.74) is 1.82. The molecule has 3 rings (SSSR count). The maximum Gasteiger partial charge on any atom is 0.415 e. The number of ketones is 1. The number of hydrogen-bond donors (Lipinski definition) is 2. The third-order valence-corrected chi connectivity index (χ3v) is 6.05. The maximum absolute atomic E-state index is 13.1. The van der Waals surface area contributed by atoms with Crippen molar-refractivity contribution in [1.82, 2.24) is 5.32 Å². The van der Waals surface area contributed by atoms with Crippen LogP contribution in [0.1, 0.15) is 24.0 Å². The van der Waals surface area contributed by atoms with E-state index in [-0.39, 0.29) is 18.1 Å². The van der Waals surface area contributed by atoms with Crippen LogP contribution in [-0.2, 0) is 32.1 Å². The van der Waals surface area contributed by atoms with Crippen LogP contribution in [-0.4, -0.2) is 47.6 Å². The number of alkyl halides is 1. The topological polar surface area (TPSA) is 113 Å². The standard InChI is InChI=1S/C23H21Cl2FN2O6/c24-15-7-5-13(9-16(15)25)12-34-23(33)28-18-4-2-1-3-14(18)6-8-19(28)22(32)27-17(10-21(30)31)20(29)11-26/h1-5,7,9,17,19H,6,8,10-12H2,(H,27,32)(H,30,31). The largest absolute Gasteiger partial charge is 0.481 e. The minimum absolute atomic E-state index is 0.148. The fourth-order valence-electron chi connectivity index (χ4n) is 3.65. The molecule has 1 heterocycles. The summed E-state index contributed by atoms with van der Waals surface area (Å²) in [7, 11) is 0. The number of nitrogens with zero attached hydrogens (tertiary/aromatic N) is 1. The van der Waals surface area contributed by atoms with Crippen molar-refractivity contribution in [3.63, 3.8) is 0 Å². The van der Waals surface area contributed by atoms with Crippen molar-refractivity contribution in [2.24, 2.45) is 0 Å². The molecule has 0 bridgehead atoms. The smallest absolute Gasteiger partial charge is 0.415 e. The summed E-state index contributed by atoms with van der Waals surface area (Å²) in [4.78, 5) is 50.2. The Bertz CT molecular complexity index is 1110. The second-order valence-electron chi connectivity index (χ2n) is 7.62. The Kier molecular flexibility index (Phi) is 8.46. The number of carbonyl (C=O) groups is 4. The molecule has 1 aliphatic heterocycles. The van der Waals surface area contributed by atoms with Gasteiger partial charge in [-0.25, -0.2) is 9.18 Å². The number of aliphatic carboxylic acids is 1. The number of para-hydroxylation sites is 1. The predicted molar refractivity (Wildman–Crippen MR) is 123 cm³/mol. The summed E-state index contributed by atoms with van der Waals surface area (Å²) < 4.78 is 18.3.